The number of rotatable bonds is 7. The maximum atomic E-state index is 10.8. The highest BCUT2D eigenvalue weighted by molar-refractivity contribution is 7.99. The molecule has 0 aliphatic carbocycles. The zero-order valence-corrected chi connectivity index (χ0v) is 11.7. The van der Waals surface area contributed by atoms with Crippen LogP contribution >= 0.6 is 11.8 Å². The van der Waals surface area contributed by atoms with Crippen LogP contribution in [0, 0.1) is 5.92 Å². The van der Waals surface area contributed by atoms with Gasteiger partial charge in [-0.25, -0.2) is 0 Å². The molecule has 0 unspecified atom stereocenters. The van der Waals surface area contributed by atoms with Crippen LogP contribution in [0.2, 0.25) is 0 Å². The number of amides is 1. The monoisotopic (exact) mass is 233 g/mol. The van der Waals surface area contributed by atoms with Crippen LogP contribution in [0.25, 0.3) is 0 Å². The third-order valence-electron chi connectivity index (χ3n) is 1.73. The molecule has 92 valence electrons. The second-order valence-corrected chi connectivity index (χ2v) is 4.72. The van der Waals surface area contributed by atoms with Crippen molar-refractivity contribution in [2.24, 2.45) is 5.92 Å². The molecule has 0 rings (SSSR count). The van der Waals surface area contributed by atoms with Crippen molar-refractivity contribution in [2.75, 3.05) is 18.1 Å². The van der Waals surface area contributed by atoms with Gasteiger partial charge in [-0.1, -0.05) is 34.6 Å². The molecule has 0 saturated heterocycles. The molecular formula is C12H27NOS. The molecule has 2 nitrogen and oxygen atoms in total. The Morgan fingerprint density at radius 2 is 1.87 bits per heavy atom. The van der Waals surface area contributed by atoms with Gasteiger partial charge in [0.05, 0.1) is 0 Å². The van der Waals surface area contributed by atoms with Crippen molar-refractivity contribution in [2.45, 2.75) is 47.5 Å². The zero-order chi connectivity index (χ0) is 12.1. The summed E-state index contributed by atoms with van der Waals surface area (Å²) in [6.07, 6.45) is 1.86. The summed E-state index contributed by atoms with van der Waals surface area (Å²) in [5.74, 6) is 3.19. The first-order chi connectivity index (χ1) is 7.16. The Morgan fingerprint density at radius 1 is 1.27 bits per heavy atom. The van der Waals surface area contributed by atoms with Crippen LogP contribution in [0.3, 0.4) is 0 Å². The highest BCUT2D eigenvalue weighted by Gasteiger charge is 1.96. The van der Waals surface area contributed by atoms with Crippen molar-refractivity contribution < 1.29 is 4.79 Å². The van der Waals surface area contributed by atoms with Gasteiger partial charge in [0.1, 0.15) is 0 Å². The molecule has 1 amide bonds. The lowest BCUT2D eigenvalue weighted by atomic mass is 10.2. The minimum atomic E-state index is 0.157. The molecule has 0 aliphatic heterocycles. The van der Waals surface area contributed by atoms with Gasteiger partial charge < -0.3 is 5.32 Å². The molecule has 1 N–H and O–H groups in total. The fraction of sp³-hybridized carbons (Fsp3) is 0.917. The van der Waals surface area contributed by atoms with Crippen LogP contribution in [-0.4, -0.2) is 24.0 Å². The van der Waals surface area contributed by atoms with Crippen molar-refractivity contribution in [1.82, 2.24) is 5.32 Å². The second kappa shape index (κ2) is 13.8. The summed E-state index contributed by atoms with van der Waals surface area (Å²) in [5.41, 5.74) is 0. The largest absolute Gasteiger partial charge is 0.355 e. The van der Waals surface area contributed by atoms with Crippen LogP contribution in [-0.2, 0) is 4.79 Å². The van der Waals surface area contributed by atoms with E-state index in [0.29, 0.717) is 6.42 Å². The highest BCUT2D eigenvalue weighted by atomic mass is 32.2. The Morgan fingerprint density at radius 3 is 2.33 bits per heavy atom. The summed E-state index contributed by atoms with van der Waals surface area (Å²) in [4.78, 5) is 10.8. The Balaban J connectivity index is 0. The third-order valence-corrected chi connectivity index (χ3v) is 2.75. The van der Waals surface area contributed by atoms with Crippen LogP contribution in [0.5, 0.6) is 0 Å². The molecule has 0 heterocycles. The van der Waals surface area contributed by atoms with Crippen molar-refractivity contribution in [3.63, 3.8) is 0 Å². The number of hydrogen-bond donors (Lipinski definition) is 1. The average Bonchev–Trinajstić information content (AvgIpc) is 2.25. The maximum absolute atomic E-state index is 10.8. The molecule has 0 fully saturated rings. The number of carbonyl (C=O) groups excluding carboxylic acids is 1. The third kappa shape index (κ3) is 16.5. The average molecular weight is 233 g/mol. The summed E-state index contributed by atoms with van der Waals surface area (Å²) in [6.45, 7) is 11.2. The molecule has 0 saturated carbocycles. The molecule has 3 heteroatoms. The maximum Gasteiger partial charge on any atom is 0.219 e. The number of hydrogen-bond acceptors (Lipinski definition) is 2. The first-order valence-electron chi connectivity index (χ1n) is 6.01. The molecule has 0 spiro atoms. The molecule has 0 aromatic rings. The molecule has 15 heavy (non-hydrogen) atoms. The minimum Gasteiger partial charge on any atom is -0.355 e. The van der Waals surface area contributed by atoms with Gasteiger partial charge in [-0.2, -0.15) is 11.8 Å². The van der Waals surface area contributed by atoms with Gasteiger partial charge in [0.25, 0.3) is 0 Å². The van der Waals surface area contributed by atoms with E-state index < -0.39 is 0 Å². The van der Waals surface area contributed by atoms with E-state index in [1.54, 1.807) is 0 Å². The topological polar surface area (TPSA) is 29.1 Å². The van der Waals surface area contributed by atoms with E-state index in [0.717, 1.165) is 18.2 Å². The van der Waals surface area contributed by atoms with Crippen molar-refractivity contribution in [3.8, 4) is 0 Å². The quantitative estimate of drug-likeness (QED) is 0.684. The number of thioether (sulfide) groups is 1. The molecular weight excluding hydrogens is 206 g/mol. The smallest absolute Gasteiger partial charge is 0.219 e. The lowest BCUT2D eigenvalue weighted by molar-refractivity contribution is -0.120. The van der Waals surface area contributed by atoms with E-state index in [-0.39, 0.29) is 5.91 Å². The zero-order valence-electron chi connectivity index (χ0n) is 10.9. The summed E-state index contributed by atoms with van der Waals surface area (Å²) in [7, 11) is 0. The van der Waals surface area contributed by atoms with Gasteiger partial charge >= 0.3 is 0 Å². The van der Waals surface area contributed by atoms with Crippen molar-refractivity contribution in [1.29, 1.82) is 0 Å². The van der Waals surface area contributed by atoms with E-state index >= 15 is 0 Å². The minimum absolute atomic E-state index is 0.157. The summed E-state index contributed by atoms with van der Waals surface area (Å²) in [6, 6.07) is 0. The van der Waals surface area contributed by atoms with Crippen LogP contribution < -0.4 is 5.32 Å². The number of nitrogens with one attached hydrogen (secondary N) is 1. The van der Waals surface area contributed by atoms with E-state index in [9.17, 15) is 4.79 Å². The Labute approximate surface area is 99.6 Å². The fourth-order valence-electron chi connectivity index (χ4n) is 0.809. The molecule has 0 radical (unpaired) electrons. The van der Waals surface area contributed by atoms with E-state index in [1.807, 2.05) is 32.5 Å². The predicted octanol–water partition coefficient (Wildman–Crippen LogP) is 3.32. The highest BCUT2D eigenvalue weighted by Crippen LogP contribution is 2.07. The fourth-order valence-corrected chi connectivity index (χ4v) is 1.90. The standard InChI is InChI=1S/C10H21NOS.C2H6/c1-4-10(12)11-6-8-13-7-5-9(2)3;1-2/h9H,4-8H2,1-3H3,(H,11,12);1-2H3. The Hall–Kier alpha value is -0.180. The first-order valence-corrected chi connectivity index (χ1v) is 7.16. The van der Waals surface area contributed by atoms with Crippen LogP contribution in [0.4, 0.5) is 0 Å². The number of carbonyl (C=O) groups is 1. The van der Waals surface area contributed by atoms with Crippen molar-refractivity contribution in [3.05, 3.63) is 0 Å². The lowest BCUT2D eigenvalue weighted by Crippen LogP contribution is -2.24. The van der Waals surface area contributed by atoms with Gasteiger partial charge in [0, 0.05) is 18.7 Å². The summed E-state index contributed by atoms with van der Waals surface area (Å²) < 4.78 is 0. The SMILES string of the molecule is CC.CCC(=O)NCCSCCC(C)C. The molecule has 0 aromatic heterocycles. The van der Waals surface area contributed by atoms with Gasteiger partial charge in [0.2, 0.25) is 5.91 Å². The van der Waals surface area contributed by atoms with Gasteiger partial charge in [-0.3, -0.25) is 4.79 Å². The molecule has 0 aliphatic rings. The van der Waals surface area contributed by atoms with Gasteiger partial charge in [-0.15, -0.1) is 0 Å². The molecule has 0 atom stereocenters. The van der Waals surface area contributed by atoms with Crippen LogP contribution in [0.15, 0.2) is 0 Å². The first kappa shape index (κ1) is 17.2. The summed E-state index contributed by atoms with van der Waals surface area (Å²) >= 11 is 1.92. The van der Waals surface area contributed by atoms with Gasteiger partial charge in [0.15, 0.2) is 0 Å². The van der Waals surface area contributed by atoms with Crippen LogP contribution in [0.1, 0.15) is 47.5 Å². The normalized spacial score (nSPS) is 9.47. The second-order valence-electron chi connectivity index (χ2n) is 3.50. The molecule has 0 aromatic carbocycles. The Kier molecular flexibility index (Phi) is 15.9. The molecule has 0 bridgehead atoms. The van der Waals surface area contributed by atoms with Gasteiger partial charge in [-0.05, 0) is 18.1 Å². The Bertz CT molecular complexity index is 138. The van der Waals surface area contributed by atoms with E-state index in [2.05, 4.69) is 19.2 Å². The predicted molar refractivity (Wildman–Crippen MR) is 71.4 cm³/mol. The van der Waals surface area contributed by atoms with Crippen molar-refractivity contribution >= 4 is 17.7 Å². The summed E-state index contributed by atoms with van der Waals surface area (Å²) in [5, 5.41) is 2.86. The van der Waals surface area contributed by atoms with E-state index in [4.69, 9.17) is 0 Å². The lowest BCUT2D eigenvalue weighted by Gasteiger charge is -2.05. The van der Waals surface area contributed by atoms with E-state index in [1.165, 1.54) is 12.2 Å².